The zero-order valence-electron chi connectivity index (χ0n) is 15.6. The van der Waals surface area contributed by atoms with Gasteiger partial charge in [0.25, 0.3) is 0 Å². The van der Waals surface area contributed by atoms with E-state index in [4.69, 9.17) is 9.47 Å². The Labute approximate surface area is 159 Å². The first-order valence-electron chi connectivity index (χ1n) is 9.35. The van der Waals surface area contributed by atoms with E-state index in [1.54, 1.807) is 0 Å². The van der Waals surface area contributed by atoms with Gasteiger partial charge in [-0.1, -0.05) is 60.7 Å². The molecule has 0 aliphatic carbocycles. The molecule has 0 aromatic heterocycles. The fraction of sp³-hybridized carbons (Fsp3) is 0.409. The lowest BCUT2D eigenvalue weighted by atomic mass is 9.77. The number of ether oxygens (including phenoxy) is 2. The maximum atomic E-state index is 13.0. The van der Waals surface area contributed by atoms with E-state index in [-0.39, 0.29) is 18.6 Å². The monoisotopic (exact) mass is 367 g/mol. The molecule has 1 N–H and O–H groups in total. The molecule has 4 rings (SSSR count). The van der Waals surface area contributed by atoms with E-state index in [2.05, 4.69) is 0 Å². The number of hydrogen-bond donors (Lipinski definition) is 1. The Hall–Kier alpha value is -2.21. The second-order valence-corrected chi connectivity index (χ2v) is 7.69. The standard InChI is InChI=1S/C22H25NO4/c1-22(2)26-14-17(27-22)20(24)18-19(16-11-7-4-8-12-16)23(21(18)25)13-15-9-5-3-6-10-15/h3-12,17-20,24H,13-14H2,1-2H3/t17-,18-,19+,20-/m1/s1. The Bertz CT molecular complexity index is 792. The molecule has 0 spiro atoms. The van der Waals surface area contributed by atoms with Crippen LogP contribution in [0.25, 0.3) is 0 Å². The van der Waals surface area contributed by atoms with Crippen LogP contribution in [0.5, 0.6) is 0 Å². The van der Waals surface area contributed by atoms with Crippen molar-refractivity contribution in [3.05, 3.63) is 71.8 Å². The van der Waals surface area contributed by atoms with Gasteiger partial charge in [-0.3, -0.25) is 4.79 Å². The second-order valence-electron chi connectivity index (χ2n) is 7.69. The molecule has 2 aromatic rings. The zero-order chi connectivity index (χ0) is 19.0. The van der Waals surface area contributed by atoms with Crippen LogP contribution in [-0.2, 0) is 20.8 Å². The summed E-state index contributed by atoms with van der Waals surface area (Å²) < 4.78 is 11.4. The van der Waals surface area contributed by atoms with Crippen molar-refractivity contribution in [1.29, 1.82) is 0 Å². The molecule has 2 aliphatic rings. The van der Waals surface area contributed by atoms with Gasteiger partial charge < -0.3 is 19.5 Å². The molecule has 2 aromatic carbocycles. The number of β-lactam (4-membered cyclic amide) rings is 1. The number of aliphatic hydroxyl groups excluding tert-OH is 1. The number of carbonyl (C=O) groups excluding carboxylic acids is 1. The summed E-state index contributed by atoms with van der Waals surface area (Å²) in [6, 6.07) is 19.6. The first kappa shape index (κ1) is 18.2. The SMILES string of the molecule is CC1(C)OC[C@H]([C@@H](O)[C@@H]2C(=O)N(Cc3ccccc3)[C@H]2c2ccccc2)O1. The Kier molecular flexibility index (Phi) is 4.76. The van der Waals surface area contributed by atoms with Crippen LogP contribution in [0.4, 0.5) is 0 Å². The van der Waals surface area contributed by atoms with Crippen LogP contribution < -0.4 is 0 Å². The predicted octanol–water partition coefficient (Wildman–Crippen LogP) is 2.90. The van der Waals surface area contributed by atoms with E-state index in [1.807, 2.05) is 79.4 Å². The van der Waals surface area contributed by atoms with Crippen molar-refractivity contribution >= 4 is 5.91 Å². The van der Waals surface area contributed by atoms with E-state index in [1.165, 1.54) is 0 Å². The van der Waals surface area contributed by atoms with Gasteiger partial charge in [0.1, 0.15) is 6.10 Å². The first-order valence-corrected chi connectivity index (χ1v) is 9.35. The Morgan fingerprint density at radius 3 is 2.33 bits per heavy atom. The summed E-state index contributed by atoms with van der Waals surface area (Å²) in [5.41, 5.74) is 2.09. The number of amides is 1. The average molecular weight is 367 g/mol. The number of nitrogens with zero attached hydrogens (tertiary/aromatic N) is 1. The van der Waals surface area contributed by atoms with E-state index in [0.717, 1.165) is 11.1 Å². The minimum absolute atomic E-state index is 0.0477. The summed E-state index contributed by atoms with van der Waals surface area (Å²) >= 11 is 0. The van der Waals surface area contributed by atoms with Crippen LogP contribution in [0.3, 0.4) is 0 Å². The van der Waals surface area contributed by atoms with Crippen molar-refractivity contribution in [1.82, 2.24) is 4.90 Å². The highest BCUT2D eigenvalue weighted by atomic mass is 16.7. The molecule has 1 amide bonds. The van der Waals surface area contributed by atoms with Gasteiger partial charge in [-0.15, -0.1) is 0 Å². The van der Waals surface area contributed by atoms with Gasteiger partial charge in [-0.25, -0.2) is 0 Å². The maximum Gasteiger partial charge on any atom is 0.231 e. The molecule has 27 heavy (non-hydrogen) atoms. The molecule has 5 heteroatoms. The van der Waals surface area contributed by atoms with Gasteiger partial charge >= 0.3 is 0 Å². The Morgan fingerprint density at radius 2 is 1.74 bits per heavy atom. The highest BCUT2D eigenvalue weighted by Crippen LogP contribution is 2.45. The third kappa shape index (κ3) is 3.50. The zero-order valence-corrected chi connectivity index (χ0v) is 15.6. The topological polar surface area (TPSA) is 59.0 Å². The number of aliphatic hydroxyl groups is 1. The molecule has 0 bridgehead atoms. The van der Waals surface area contributed by atoms with E-state index in [0.29, 0.717) is 6.54 Å². The van der Waals surface area contributed by atoms with Crippen LogP contribution in [0.2, 0.25) is 0 Å². The lowest BCUT2D eigenvalue weighted by Gasteiger charge is -2.50. The minimum Gasteiger partial charge on any atom is -0.389 e. The number of hydrogen-bond acceptors (Lipinski definition) is 4. The Morgan fingerprint density at radius 1 is 1.11 bits per heavy atom. The average Bonchev–Trinajstić information content (AvgIpc) is 3.05. The fourth-order valence-electron chi connectivity index (χ4n) is 4.02. The van der Waals surface area contributed by atoms with Gasteiger partial charge in [0.05, 0.1) is 24.7 Å². The van der Waals surface area contributed by atoms with E-state index < -0.39 is 23.9 Å². The molecule has 0 radical (unpaired) electrons. The summed E-state index contributed by atoms with van der Waals surface area (Å²) in [6.07, 6.45) is -1.41. The van der Waals surface area contributed by atoms with Crippen LogP contribution in [0.1, 0.15) is 31.0 Å². The lowest BCUT2D eigenvalue weighted by Crippen LogP contribution is -2.61. The van der Waals surface area contributed by atoms with Gasteiger partial charge in [0.15, 0.2) is 5.79 Å². The van der Waals surface area contributed by atoms with Gasteiger partial charge in [0.2, 0.25) is 5.91 Å². The third-order valence-corrected chi connectivity index (χ3v) is 5.36. The molecular formula is C22H25NO4. The van der Waals surface area contributed by atoms with Crippen molar-refractivity contribution in [2.24, 2.45) is 5.92 Å². The normalized spacial score (nSPS) is 28.0. The maximum absolute atomic E-state index is 13.0. The minimum atomic E-state index is -0.906. The summed E-state index contributed by atoms with van der Waals surface area (Å²) in [7, 11) is 0. The molecule has 2 heterocycles. The van der Waals surface area contributed by atoms with Crippen molar-refractivity contribution in [3.8, 4) is 0 Å². The highest BCUT2D eigenvalue weighted by Gasteiger charge is 2.55. The number of likely N-dealkylation sites (tertiary alicyclic amines) is 1. The van der Waals surface area contributed by atoms with Crippen LogP contribution in [0, 0.1) is 5.92 Å². The summed E-state index contributed by atoms with van der Waals surface area (Å²) in [5, 5.41) is 10.9. The van der Waals surface area contributed by atoms with E-state index in [9.17, 15) is 9.90 Å². The Balaban J connectivity index is 1.58. The summed E-state index contributed by atoms with van der Waals surface area (Å²) in [5.74, 6) is -1.31. The van der Waals surface area contributed by atoms with Crippen molar-refractivity contribution in [2.45, 2.75) is 44.4 Å². The predicted molar refractivity (Wildman–Crippen MR) is 101 cm³/mol. The van der Waals surface area contributed by atoms with Crippen molar-refractivity contribution < 1.29 is 19.4 Å². The fourth-order valence-corrected chi connectivity index (χ4v) is 4.02. The summed E-state index contributed by atoms with van der Waals surface area (Å²) in [6.45, 7) is 4.45. The lowest BCUT2D eigenvalue weighted by molar-refractivity contribution is -0.185. The molecule has 5 nitrogen and oxygen atoms in total. The van der Waals surface area contributed by atoms with Crippen LogP contribution in [0.15, 0.2) is 60.7 Å². The molecule has 142 valence electrons. The first-order chi connectivity index (χ1) is 13.0. The number of carbonyl (C=O) groups is 1. The smallest absolute Gasteiger partial charge is 0.231 e. The van der Waals surface area contributed by atoms with Gasteiger partial charge in [-0.2, -0.15) is 0 Å². The molecule has 4 atom stereocenters. The molecular weight excluding hydrogens is 342 g/mol. The third-order valence-electron chi connectivity index (χ3n) is 5.36. The molecule has 0 saturated carbocycles. The number of benzene rings is 2. The summed E-state index contributed by atoms with van der Waals surface area (Å²) in [4.78, 5) is 14.8. The van der Waals surface area contributed by atoms with Crippen LogP contribution >= 0.6 is 0 Å². The highest BCUT2D eigenvalue weighted by molar-refractivity contribution is 5.87. The molecule has 2 fully saturated rings. The molecule has 0 unspecified atom stereocenters. The van der Waals surface area contributed by atoms with E-state index >= 15 is 0 Å². The van der Waals surface area contributed by atoms with Gasteiger partial charge in [-0.05, 0) is 25.0 Å². The van der Waals surface area contributed by atoms with Crippen molar-refractivity contribution in [3.63, 3.8) is 0 Å². The quantitative estimate of drug-likeness (QED) is 0.826. The van der Waals surface area contributed by atoms with Gasteiger partial charge in [0, 0.05) is 6.54 Å². The largest absolute Gasteiger partial charge is 0.389 e. The van der Waals surface area contributed by atoms with Crippen molar-refractivity contribution in [2.75, 3.05) is 6.61 Å². The molecule has 2 saturated heterocycles. The second kappa shape index (κ2) is 7.08. The van der Waals surface area contributed by atoms with Crippen LogP contribution in [-0.4, -0.2) is 40.5 Å². The molecule has 2 aliphatic heterocycles. The number of rotatable bonds is 5.